The molecule has 0 saturated heterocycles. The highest BCUT2D eigenvalue weighted by molar-refractivity contribution is 7.99. The van der Waals surface area contributed by atoms with Crippen molar-refractivity contribution in [2.24, 2.45) is 0 Å². The zero-order valence-corrected chi connectivity index (χ0v) is 16.3. The molecule has 8 heteroatoms. The molecule has 1 aliphatic rings. The smallest absolute Gasteiger partial charge is 0.252 e. The standard InChI is InChI=1S/C16H23ClN2O3S2/c1-19(24(2,21)22)12-7-8-14(15(17)11-12)16(20)18-9-10-23-13-5-3-4-6-13/h7-8,11,13H,3-6,9-10H2,1-2H3,(H,18,20). The van der Waals surface area contributed by atoms with Gasteiger partial charge in [0.2, 0.25) is 10.0 Å². The van der Waals surface area contributed by atoms with E-state index in [4.69, 9.17) is 11.6 Å². The zero-order chi connectivity index (χ0) is 17.7. The number of anilines is 1. The monoisotopic (exact) mass is 390 g/mol. The van der Waals surface area contributed by atoms with E-state index in [1.165, 1.54) is 38.8 Å². The van der Waals surface area contributed by atoms with Gasteiger partial charge in [0.1, 0.15) is 0 Å². The van der Waals surface area contributed by atoms with Gasteiger partial charge in [-0.25, -0.2) is 8.42 Å². The van der Waals surface area contributed by atoms with Gasteiger partial charge in [0, 0.05) is 24.6 Å². The molecule has 24 heavy (non-hydrogen) atoms. The summed E-state index contributed by atoms with van der Waals surface area (Å²) in [5.41, 5.74) is 0.782. The van der Waals surface area contributed by atoms with Gasteiger partial charge >= 0.3 is 0 Å². The molecule has 1 aromatic carbocycles. The Balaban J connectivity index is 1.89. The van der Waals surface area contributed by atoms with E-state index >= 15 is 0 Å². The van der Waals surface area contributed by atoms with Crippen LogP contribution in [0.1, 0.15) is 36.0 Å². The van der Waals surface area contributed by atoms with E-state index in [-0.39, 0.29) is 10.9 Å². The molecule has 5 nitrogen and oxygen atoms in total. The number of thioether (sulfide) groups is 1. The number of nitrogens with zero attached hydrogens (tertiary/aromatic N) is 1. The van der Waals surface area contributed by atoms with Crippen LogP contribution in [0.25, 0.3) is 0 Å². The Morgan fingerprint density at radius 3 is 2.62 bits per heavy atom. The lowest BCUT2D eigenvalue weighted by molar-refractivity contribution is 0.0956. The van der Waals surface area contributed by atoms with Crippen LogP contribution in [0.5, 0.6) is 0 Å². The van der Waals surface area contributed by atoms with Gasteiger partial charge in [0.15, 0.2) is 0 Å². The summed E-state index contributed by atoms with van der Waals surface area (Å²) in [6.07, 6.45) is 6.30. The highest BCUT2D eigenvalue weighted by Gasteiger charge is 2.17. The average molecular weight is 391 g/mol. The number of rotatable bonds is 7. The van der Waals surface area contributed by atoms with E-state index in [2.05, 4.69) is 5.32 Å². The average Bonchev–Trinajstić information content (AvgIpc) is 3.03. The molecule has 1 saturated carbocycles. The molecular formula is C16H23ClN2O3S2. The third kappa shape index (κ3) is 5.29. The van der Waals surface area contributed by atoms with Crippen molar-refractivity contribution in [1.82, 2.24) is 5.32 Å². The summed E-state index contributed by atoms with van der Waals surface area (Å²) in [6, 6.07) is 4.62. The maximum absolute atomic E-state index is 12.2. The third-order valence-corrected chi connectivity index (χ3v) is 7.00. The molecule has 1 fully saturated rings. The van der Waals surface area contributed by atoms with Gasteiger partial charge in [-0.3, -0.25) is 9.10 Å². The Morgan fingerprint density at radius 1 is 1.38 bits per heavy atom. The first-order chi connectivity index (χ1) is 11.3. The van der Waals surface area contributed by atoms with Gasteiger partial charge in [0.05, 0.1) is 22.5 Å². The second-order valence-electron chi connectivity index (χ2n) is 5.93. The first kappa shape index (κ1) is 19.4. The van der Waals surface area contributed by atoms with Crippen LogP contribution in [0.15, 0.2) is 18.2 Å². The first-order valence-electron chi connectivity index (χ1n) is 7.92. The summed E-state index contributed by atoms with van der Waals surface area (Å²) in [6.45, 7) is 0.599. The zero-order valence-electron chi connectivity index (χ0n) is 13.9. The van der Waals surface area contributed by atoms with Crippen molar-refractivity contribution in [3.63, 3.8) is 0 Å². The minimum Gasteiger partial charge on any atom is -0.351 e. The maximum atomic E-state index is 12.2. The highest BCUT2D eigenvalue weighted by Crippen LogP contribution is 2.29. The lowest BCUT2D eigenvalue weighted by Gasteiger charge is -2.17. The van der Waals surface area contributed by atoms with Crippen LogP contribution in [0.4, 0.5) is 5.69 Å². The molecule has 0 unspecified atom stereocenters. The minimum atomic E-state index is -3.36. The molecule has 0 aliphatic heterocycles. The van der Waals surface area contributed by atoms with Crippen molar-refractivity contribution >= 4 is 45.0 Å². The van der Waals surface area contributed by atoms with Crippen LogP contribution in [0, 0.1) is 0 Å². The van der Waals surface area contributed by atoms with E-state index in [0.717, 1.165) is 21.6 Å². The van der Waals surface area contributed by atoms with E-state index in [1.54, 1.807) is 12.1 Å². The highest BCUT2D eigenvalue weighted by atomic mass is 35.5. The number of carbonyl (C=O) groups excluding carboxylic acids is 1. The molecule has 0 atom stereocenters. The van der Waals surface area contributed by atoms with Crippen LogP contribution < -0.4 is 9.62 Å². The maximum Gasteiger partial charge on any atom is 0.252 e. The second-order valence-corrected chi connectivity index (χ2v) is 9.76. The first-order valence-corrected chi connectivity index (χ1v) is 11.2. The molecule has 0 aromatic heterocycles. The van der Waals surface area contributed by atoms with Crippen molar-refractivity contribution in [3.05, 3.63) is 28.8 Å². The third-order valence-electron chi connectivity index (χ3n) is 4.10. The number of amides is 1. The van der Waals surface area contributed by atoms with Crippen LogP contribution >= 0.6 is 23.4 Å². The molecule has 1 N–H and O–H groups in total. The van der Waals surface area contributed by atoms with Gasteiger partial charge < -0.3 is 5.32 Å². The number of carbonyl (C=O) groups is 1. The van der Waals surface area contributed by atoms with Crippen molar-refractivity contribution in [2.45, 2.75) is 30.9 Å². The number of hydrogen-bond acceptors (Lipinski definition) is 4. The van der Waals surface area contributed by atoms with Crippen molar-refractivity contribution in [1.29, 1.82) is 0 Å². The van der Waals surface area contributed by atoms with E-state index in [0.29, 0.717) is 17.8 Å². The van der Waals surface area contributed by atoms with Gasteiger partial charge in [0.25, 0.3) is 5.91 Å². The molecule has 2 rings (SSSR count). The van der Waals surface area contributed by atoms with Gasteiger partial charge in [-0.1, -0.05) is 24.4 Å². The fraction of sp³-hybridized carbons (Fsp3) is 0.562. The molecule has 0 heterocycles. The summed E-state index contributed by atoms with van der Waals surface area (Å²) >= 11 is 8.06. The number of nitrogens with one attached hydrogen (secondary N) is 1. The largest absolute Gasteiger partial charge is 0.351 e. The van der Waals surface area contributed by atoms with Crippen LogP contribution in [-0.4, -0.2) is 45.2 Å². The Labute approximate surface area is 153 Å². The Hall–Kier alpha value is -0.920. The van der Waals surface area contributed by atoms with Crippen LogP contribution in [-0.2, 0) is 10.0 Å². The summed E-state index contributed by atoms with van der Waals surface area (Å²) in [5, 5.41) is 3.84. The fourth-order valence-electron chi connectivity index (χ4n) is 2.62. The van der Waals surface area contributed by atoms with Crippen molar-refractivity contribution in [3.8, 4) is 0 Å². The summed E-state index contributed by atoms with van der Waals surface area (Å²) in [7, 11) is -1.91. The Morgan fingerprint density at radius 2 is 2.04 bits per heavy atom. The molecular weight excluding hydrogens is 368 g/mol. The summed E-state index contributed by atoms with van der Waals surface area (Å²) in [5.74, 6) is 0.656. The molecule has 134 valence electrons. The molecule has 1 aromatic rings. The molecule has 0 radical (unpaired) electrons. The summed E-state index contributed by atoms with van der Waals surface area (Å²) in [4.78, 5) is 12.2. The van der Waals surface area contributed by atoms with Crippen LogP contribution in [0.2, 0.25) is 5.02 Å². The van der Waals surface area contributed by atoms with Gasteiger partial charge in [-0.05, 0) is 31.0 Å². The predicted molar refractivity (Wildman–Crippen MR) is 102 cm³/mol. The number of sulfonamides is 1. The van der Waals surface area contributed by atoms with E-state index in [1.807, 2.05) is 11.8 Å². The number of halogens is 1. The van der Waals surface area contributed by atoms with Crippen molar-refractivity contribution < 1.29 is 13.2 Å². The van der Waals surface area contributed by atoms with E-state index < -0.39 is 10.0 Å². The van der Waals surface area contributed by atoms with Gasteiger partial charge in [-0.2, -0.15) is 11.8 Å². The molecule has 0 bridgehead atoms. The Kier molecular flexibility index (Phi) is 6.83. The normalized spacial score (nSPS) is 15.5. The van der Waals surface area contributed by atoms with Crippen molar-refractivity contribution in [2.75, 3.05) is 29.9 Å². The minimum absolute atomic E-state index is 0.236. The SMILES string of the molecule is CN(c1ccc(C(=O)NCCSC2CCCC2)c(Cl)c1)S(C)(=O)=O. The fourth-order valence-corrected chi connectivity index (χ4v) is 4.59. The lowest BCUT2D eigenvalue weighted by Crippen LogP contribution is -2.27. The second kappa shape index (κ2) is 8.45. The predicted octanol–water partition coefficient (Wildman–Crippen LogP) is 3.14. The Bertz CT molecular complexity index is 689. The topological polar surface area (TPSA) is 66.5 Å². The molecule has 0 spiro atoms. The molecule has 1 aliphatic carbocycles. The summed E-state index contributed by atoms with van der Waals surface area (Å²) < 4.78 is 24.2. The number of hydrogen-bond donors (Lipinski definition) is 1. The number of benzene rings is 1. The lowest BCUT2D eigenvalue weighted by atomic mass is 10.2. The van der Waals surface area contributed by atoms with E-state index in [9.17, 15) is 13.2 Å². The quantitative estimate of drug-likeness (QED) is 0.726. The van der Waals surface area contributed by atoms with Crippen LogP contribution in [0.3, 0.4) is 0 Å². The molecule has 1 amide bonds. The van der Waals surface area contributed by atoms with Gasteiger partial charge in [-0.15, -0.1) is 0 Å².